The van der Waals surface area contributed by atoms with Gasteiger partial charge in [0.2, 0.25) is 0 Å². The van der Waals surface area contributed by atoms with Crippen LogP contribution in [0.1, 0.15) is 31.2 Å². The van der Waals surface area contributed by atoms with E-state index in [0.717, 1.165) is 24.0 Å². The van der Waals surface area contributed by atoms with Gasteiger partial charge in [0.15, 0.2) is 0 Å². The summed E-state index contributed by atoms with van der Waals surface area (Å²) in [7, 11) is 0. The minimum Gasteiger partial charge on any atom is -0.312 e. The summed E-state index contributed by atoms with van der Waals surface area (Å²) in [6.07, 6.45) is 5.65. The van der Waals surface area contributed by atoms with Crippen LogP contribution in [0.4, 0.5) is 0 Å². The Labute approximate surface area is 96.8 Å². The maximum Gasteiger partial charge on any atom is 0.0409 e. The zero-order valence-corrected chi connectivity index (χ0v) is 9.76. The van der Waals surface area contributed by atoms with E-state index in [1.807, 2.05) is 18.2 Å². The Bertz CT molecular complexity index is 305. The minimum atomic E-state index is 0.829. The van der Waals surface area contributed by atoms with Gasteiger partial charge in [-0.05, 0) is 43.0 Å². The molecule has 0 heterocycles. The lowest BCUT2D eigenvalue weighted by molar-refractivity contribution is 0.489. The molecule has 2 rings (SSSR count). The molecule has 2 heteroatoms. The third-order valence-electron chi connectivity index (χ3n) is 3.13. The monoisotopic (exact) mass is 223 g/mol. The van der Waals surface area contributed by atoms with Crippen LogP contribution in [0.3, 0.4) is 0 Å². The van der Waals surface area contributed by atoms with Crippen LogP contribution in [0, 0.1) is 5.92 Å². The molecule has 1 saturated carbocycles. The summed E-state index contributed by atoms with van der Waals surface area (Å²) in [6.45, 7) is 2.10. The first kappa shape index (κ1) is 11.0. The van der Waals surface area contributed by atoms with Crippen molar-refractivity contribution in [1.82, 2.24) is 5.32 Å². The zero-order valence-electron chi connectivity index (χ0n) is 9.01. The van der Waals surface area contributed by atoms with Crippen LogP contribution in [0.2, 0.25) is 5.02 Å². The molecule has 0 bridgehead atoms. The van der Waals surface area contributed by atoms with Crippen molar-refractivity contribution in [2.24, 2.45) is 5.92 Å². The van der Waals surface area contributed by atoms with Gasteiger partial charge < -0.3 is 5.32 Å². The van der Waals surface area contributed by atoms with Gasteiger partial charge in [-0.25, -0.2) is 0 Å². The normalized spacial score (nSPS) is 17.1. The van der Waals surface area contributed by atoms with Crippen molar-refractivity contribution in [3.63, 3.8) is 0 Å². The van der Waals surface area contributed by atoms with Crippen LogP contribution in [0.25, 0.3) is 0 Å². The van der Waals surface area contributed by atoms with E-state index in [2.05, 4.69) is 11.4 Å². The largest absolute Gasteiger partial charge is 0.312 e. The van der Waals surface area contributed by atoms with Gasteiger partial charge in [-0.15, -0.1) is 0 Å². The Morgan fingerprint density at radius 3 is 2.80 bits per heavy atom. The highest BCUT2D eigenvalue weighted by molar-refractivity contribution is 6.30. The van der Waals surface area contributed by atoms with Gasteiger partial charge in [0.1, 0.15) is 0 Å². The molecule has 0 aliphatic heterocycles. The predicted molar refractivity (Wildman–Crippen MR) is 65.1 cm³/mol. The highest BCUT2D eigenvalue weighted by Crippen LogP contribution is 2.23. The molecule has 1 aromatic carbocycles. The van der Waals surface area contributed by atoms with Crippen molar-refractivity contribution < 1.29 is 0 Å². The number of halogens is 1. The summed E-state index contributed by atoms with van der Waals surface area (Å²) in [5.41, 5.74) is 1.28. The Balaban J connectivity index is 1.73. The number of benzene rings is 1. The molecule has 1 aliphatic carbocycles. The van der Waals surface area contributed by atoms with Gasteiger partial charge in [0.25, 0.3) is 0 Å². The highest BCUT2D eigenvalue weighted by atomic mass is 35.5. The smallest absolute Gasteiger partial charge is 0.0409 e. The Hall–Kier alpha value is -0.530. The molecular weight excluding hydrogens is 206 g/mol. The van der Waals surface area contributed by atoms with Gasteiger partial charge in [-0.2, -0.15) is 0 Å². The van der Waals surface area contributed by atoms with Crippen molar-refractivity contribution >= 4 is 11.6 Å². The molecule has 1 aromatic rings. The van der Waals surface area contributed by atoms with Gasteiger partial charge in [0, 0.05) is 11.6 Å². The molecule has 0 aromatic heterocycles. The van der Waals surface area contributed by atoms with Crippen molar-refractivity contribution in [3.8, 4) is 0 Å². The Morgan fingerprint density at radius 1 is 1.27 bits per heavy atom. The lowest BCUT2D eigenvalue weighted by Gasteiger charge is -2.10. The molecule has 0 unspecified atom stereocenters. The Kier molecular flexibility index (Phi) is 4.04. The summed E-state index contributed by atoms with van der Waals surface area (Å²) >= 11 is 5.92. The maximum absolute atomic E-state index is 5.92. The quantitative estimate of drug-likeness (QED) is 0.822. The topological polar surface area (TPSA) is 12.0 Å². The van der Waals surface area contributed by atoms with E-state index in [-0.39, 0.29) is 0 Å². The number of hydrogen-bond donors (Lipinski definition) is 1. The standard InChI is InChI=1S/C13H18ClN/c14-13-7-3-6-12(8-13)10-15-9-11-4-1-2-5-11/h3,6-8,11,15H,1-2,4-5,9-10H2. The first-order valence-corrected chi connectivity index (χ1v) is 6.17. The third-order valence-corrected chi connectivity index (χ3v) is 3.36. The molecule has 15 heavy (non-hydrogen) atoms. The van der Waals surface area contributed by atoms with Crippen LogP contribution in [-0.2, 0) is 6.54 Å². The first-order valence-electron chi connectivity index (χ1n) is 5.80. The van der Waals surface area contributed by atoms with Crippen LogP contribution in [-0.4, -0.2) is 6.54 Å². The van der Waals surface area contributed by atoms with Crippen LogP contribution >= 0.6 is 11.6 Å². The summed E-state index contributed by atoms with van der Waals surface area (Å²) in [5.74, 6) is 0.907. The van der Waals surface area contributed by atoms with Crippen molar-refractivity contribution in [3.05, 3.63) is 34.9 Å². The molecule has 1 N–H and O–H groups in total. The van der Waals surface area contributed by atoms with E-state index >= 15 is 0 Å². The average molecular weight is 224 g/mol. The minimum absolute atomic E-state index is 0.829. The Morgan fingerprint density at radius 2 is 2.07 bits per heavy atom. The van der Waals surface area contributed by atoms with E-state index < -0.39 is 0 Å². The second kappa shape index (κ2) is 5.53. The fourth-order valence-electron chi connectivity index (χ4n) is 2.28. The molecule has 0 atom stereocenters. The lowest BCUT2D eigenvalue weighted by Crippen LogP contribution is -2.20. The summed E-state index contributed by atoms with van der Waals surface area (Å²) in [4.78, 5) is 0. The molecule has 0 radical (unpaired) electrons. The van der Waals surface area contributed by atoms with Gasteiger partial charge in [-0.1, -0.05) is 36.6 Å². The molecule has 1 fully saturated rings. The third kappa shape index (κ3) is 3.51. The molecular formula is C13H18ClN. The van der Waals surface area contributed by atoms with E-state index in [4.69, 9.17) is 11.6 Å². The molecule has 0 spiro atoms. The lowest BCUT2D eigenvalue weighted by atomic mass is 10.1. The summed E-state index contributed by atoms with van der Waals surface area (Å²) < 4.78 is 0. The van der Waals surface area contributed by atoms with Crippen molar-refractivity contribution in [1.29, 1.82) is 0 Å². The van der Waals surface area contributed by atoms with Gasteiger partial charge in [-0.3, -0.25) is 0 Å². The van der Waals surface area contributed by atoms with E-state index in [1.54, 1.807) is 0 Å². The summed E-state index contributed by atoms with van der Waals surface area (Å²) in [6, 6.07) is 8.08. The van der Waals surface area contributed by atoms with E-state index in [0.29, 0.717) is 0 Å². The van der Waals surface area contributed by atoms with Crippen LogP contribution in [0.15, 0.2) is 24.3 Å². The molecule has 1 aliphatic rings. The highest BCUT2D eigenvalue weighted by Gasteiger charge is 2.13. The van der Waals surface area contributed by atoms with E-state index in [9.17, 15) is 0 Å². The predicted octanol–water partition coefficient (Wildman–Crippen LogP) is 3.62. The van der Waals surface area contributed by atoms with Crippen molar-refractivity contribution in [2.45, 2.75) is 32.2 Å². The fourth-order valence-corrected chi connectivity index (χ4v) is 2.49. The number of hydrogen-bond acceptors (Lipinski definition) is 1. The summed E-state index contributed by atoms with van der Waals surface area (Å²) in [5, 5.41) is 4.34. The second-order valence-corrected chi connectivity index (χ2v) is 4.85. The van der Waals surface area contributed by atoms with Crippen LogP contribution < -0.4 is 5.32 Å². The van der Waals surface area contributed by atoms with Crippen LogP contribution in [0.5, 0.6) is 0 Å². The van der Waals surface area contributed by atoms with Gasteiger partial charge in [0.05, 0.1) is 0 Å². The average Bonchev–Trinajstić information content (AvgIpc) is 2.71. The maximum atomic E-state index is 5.92. The number of nitrogens with one attached hydrogen (secondary N) is 1. The fraction of sp³-hybridized carbons (Fsp3) is 0.538. The van der Waals surface area contributed by atoms with Gasteiger partial charge >= 0.3 is 0 Å². The first-order chi connectivity index (χ1) is 7.34. The molecule has 1 nitrogen and oxygen atoms in total. The SMILES string of the molecule is Clc1cccc(CNCC2CCCC2)c1. The molecule has 82 valence electrons. The molecule has 0 amide bonds. The second-order valence-electron chi connectivity index (χ2n) is 4.41. The zero-order chi connectivity index (χ0) is 10.5. The molecule has 0 saturated heterocycles. The van der Waals surface area contributed by atoms with E-state index in [1.165, 1.54) is 31.2 Å². The number of rotatable bonds is 4. The van der Waals surface area contributed by atoms with Crippen molar-refractivity contribution in [2.75, 3.05) is 6.54 Å².